The lowest BCUT2D eigenvalue weighted by Crippen LogP contribution is -2.31. The maximum atomic E-state index is 9.61. The van der Waals surface area contributed by atoms with Gasteiger partial charge in [-0.15, -0.1) is 0 Å². The van der Waals surface area contributed by atoms with E-state index in [0.717, 1.165) is 5.82 Å². The lowest BCUT2D eigenvalue weighted by atomic mass is 10.1. The highest BCUT2D eigenvalue weighted by Crippen LogP contribution is 2.43. The van der Waals surface area contributed by atoms with Gasteiger partial charge in [-0.3, -0.25) is 4.57 Å². The smallest absolute Gasteiger partial charge is 0.167 e. The standard InChI is InChI=1S/C15H21N5O4/c1-15(2)23-10-8(5-21)22-14(11(10)24-15)20-7-18-9-12(19(3)4)16-6-17-13(9)20/h6-8,10-11,14,21H,5H2,1-4H3/t8-,10+,11-,14-/m1/s1. The summed E-state index contributed by atoms with van der Waals surface area (Å²) in [5.41, 5.74) is 1.35. The van der Waals surface area contributed by atoms with Gasteiger partial charge in [0.05, 0.1) is 12.9 Å². The Labute approximate surface area is 139 Å². The molecule has 4 atom stereocenters. The summed E-state index contributed by atoms with van der Waals surface area (Å²) in [6.45, 7) is 3.58. The SMILES string of the molecule is CN(C)c1ncnc2c1ncn2[C@@H]1O[C@H](CO)[C@@H]2OC(C)(C)O[C@H]21. The molecule has 0 bridgehead atoms. The van der Waals surface area contributed by atoms with Crippen LogP contribution in [0.15, 0.2) is 12.7 Å². The Balaban J connectivity index is 1.76. The van der Waals surface area contributed by atoms with E-state index in [1.54, 1.807) is 6.33 Å². The molecule has 1 N–H and O–H groups in total. The summed E-state index contributed by atoms with van der Waals surface area (Å²) < 4.78 is 19.7. The van der Waals surface area contributed by atoms with E-state index in [9.17, 15) is 5.11 Å². The first-order valence-electron chi connectivity index (χ1n) is 7.88. The van der Waals surface area contributed by atoms with E-state index in [0.29, 0.717) is 11.2 Å². The summed E-state index contributed by atoms with van der Waals surface area (Å²) >= 11 is 0. The molecule has 0 aliphatic carbocycles. The minimum atomic E-state index is -0.717. The molecule has 0 aromatic carbocycles. The number of hydrogen-bond donors (Lipinski definition) is 1. The van der Waals surface area contributed by atoms with Gasteiger partial charge in [0.2, 0.25) is 0 Å². The zero-order valence-corrected chi connectivity index (χ0v) is 14.1. The van der Waals surface area contributed by atoms with E-state index in [-0.39, 0.29) is 18.8 Å². The summed E-state index contributed by atoms with van der Waals surface area (Å²) in [6.07, 6.45) is 1.58. The van der Waals surface area contributed by atoms with Gasteiger partial charge in [0.1, 0.15) is 24.6 Å². The van der Waals surface area contributed by atoms with Gasteiger partial charge in [-0.2, -0.15) is 0 Å². The fourth-order valence-corrected chi connectivity index (χ4v) is 3.38. The van der Waals surface area contributed by atoms with Crippen LogP contribution >= 0.6 is 0 Å². The molecule has 9 heteroatoms. The molecular formula is C15H21N5O4. The maximum absolute atomic E-state index is 9.61. The van der Waals surface area contributed by atoms with E-state index < -0.39 is 18.1 Å². The third-order valence-electron chi connectivity index (χ3n) is 4.34. The molecule has 0 amide bonds. The largest absolute Gasteiger partial charge is 0.394 e. The number of rotatable bonds is 3. The van der Waals surface area contributed by atoms with E-state index in [1.807, 2.05) is 37.4 Å². The van der Waals surface area contributed by atoms with Crippen LogP contribution in [0.1, 0.15) is 20.1 Å². The molecule has 9 nitrogen and oxygen atoms in total. The molecule has 0 saturated carbocycles. The molecular weight excluding hydrogens is 314 g/mol. The number of imidazole rings is 1. The predicted molar refractivity (Wildman–Crippen MR) is 84.5 cm³/mol. The number of ether oxygens (including phenoxy) is 3. The minimum Gasteiger partial charge on any atom is -0.394 e. The van der Waals surface area contributed by atoms with Crippen LogP contribution in [0.5, 0.6) is 0 Å². The minimum absolute atomic E-state index is 0.137. The average Bonchev–Trinajstić information content (AvgIpc) is 3.17. The molecule has 24 heavy (non-hydrogen) atoms. The molecule has 2 fully saturated rings. The Morgan fingerprint density at radius 2 is 1.96 bits per heavy atom. The molecule has 2 aromatic rings. The third-order valence-corrected chi connectivity index (χ3v) is 4.34. The van der Waals surface area contributed by atoms with E-state index in [2.05, 4.69) is 15.0 Å². The van der Waals surface area contributed by atoms with Gasteiger partial charge in [0.25, 0.3) is 0 Å². The number of anilines is 1. The van der Waals surface area contributed by atoms with Crippen molar-refractivity contribution in [2.45, 2.75) is 44.2 Å². The normalized spacial score (nSPS) is 31.5. The van der Waals surface area contributed by atoms with Gasteiger partial charge in [-0.25, -0.2) is 15.0 Å². The lowest BCUT2D eigenvalue weighted by Gasteiger charge is -2.24. The van der Waals surface area contributed by atoms with Gasteiger partial charge in [0.15, 0.2) is 29.0 Å². The second kappa shape index (κ2) is 5.35. The molecule has 2 saturated heterocycles. The summed E-state index contributed by atoms with van der Waals surface area (Å²) in [4.78, 5) is 14.9. The molecule has 0 radical (unpaired) electrons. The predicted octanol–water partition coefficient (Wildman–Crippen LogP) is 0.302. The topological polar surface area (TPSA) is 94.8 Å². The highest BCUT2D eigenvalue weighted by Gasteiger charge is 2.55. The Morgan fingerprint density at radius 3 is 2.67 bits per heavy atom. The van der Waals surface area contributed by atoms with Crippen LogP contribution in [0.2, 0.25) is 0 Å². The molecule has 4 rings (SSSR count). The van der Waals surface area contributed by atoms with Crippen LogP contribution in [0.25, 0.3) is 11.2 Å². The van der Waals surface area contributed by atoms with Crippen LogP contribution in [-0.4, -0.2) is 69.4 Å². The Morgan fingerprint density at radius 1 is 1.21 bits per heavy atom. The van der Waals surface area contributed by atoms with Crippen molar-refractivity contribution in [3.63, 3.8) is 0 Å². The van der Waals surface area contributed by atoms with Gasteiger partial charge in [-0.1, -0.05) is 0 Å². The molecule has 2 aliphatic rings. The summed E-state index contributed by atoms with van der Waals surface area (Å²) in [5.74, 6) is 0.0150. The number of aliphatic hydroxyl groups is 1. The van der Waals surface area contributed by atoms with Gasteiger partial charge in [0, 0.05) is 14.1 Å². The highest BCUT2D eigenvalue weighted by molar-refractivity contribution is 5.83. The quantitative estimate of drug-likeness (QED) is 0.856. The highest BCUT2D eigenvalue weighted by atomic mass is 16.8. The molecule has 2 aliphatic heterocycles. The molecule has 130 valence electrons. The number of hydrogen-bond acceptors (Lipinski definition) is 8. The van der Waals surface area contributed by atoms with E-state index in [4.69, 9.17) is 14.2 Å². The monoisotopic (exact) mass is 335 g/mol. The van der Waals surface area contributed by atoms with Crippen LogP contribution < -0.4 is 4.90 Å². The van der Waals surface area contributed by atoms with Crippen LogP contribution in [0.4, 0.5) is 5.82 Å². The van der Waals surface area contributed by atoms with Crippen molar-refractivity contribution in [1.82, 2.24) is 19.5 Å². The Hall–Kier alpha value is -1.81. The van der Waals surface area contributed by atoms with Gasteiger partial charge < -0.3 is 24.2 Å². The second-order valence-corrected chi connectivity index (χ2v) is 6.73. The lowest BCUT2D eigenvalue weighted by molar-refractivity contribution is -0.199. The first kappa shape index (κ1) is 15.7. The van der Waals surface area contributed by atoms with Crippen molar-refractivity contribution in [3.05, 3.63) is 12.7 Å². The first-order valence-corrected chi connectivity index (χ1v) is 7.88. The summed E-state index contributed by atoms with van der Waals surface area (Å²) in [6, 6.07) is 0. The fraction of sp³-hybridized carbons (Fsp3) is 0.667. The molecule has 0 spiro atoms. The van der Waals surface area contributed by atoms with Crippen molar-refractivity contribution in [3.8, 4) is 0 Å². The van der Waals surface area contributed by atoms with Crippen LogP contribution in [-0.2, 0) is 14.2 Å². The van der Waals surface area contributed by atoms with Gasteiger partial charge >= 0.3 is 0 Å². The number of aliphatic hydroxyl groups excluding tert-OH is 1. The zero-order chi connectivity index (χ0) is 17.1. The molecule has 0 unspecified atom stereocenters. The van der Waals surface area contributed by atoms with Gasteiger partial charge in [-0.05, 0) is 13.8 Å². The van der Waals surface area contributed by atoms with Crippen LogP contribution in [0.3, 0.4) is 0 Å². The zero-order valence-electron chi connectivity index (χ0n) is 14.1. The average molecular weight is 335 g/mol. The van der Waals surface area contributed by atoms with E-state index >= 15 is 0 Å². The van der Waals surface area contributed by atoms with Crippen molar-refractivity contribution in [1.29, 1.82) is 0 Å². The van der Waals surface area contributed by atoms with Crippen molar-refractivity contribution in [2.24, 2.45) is 0 Å². The maximum Gasteiger partial charge on any atom is 0.167 e. The molecule has 2 aromatic heterocycles. The number of aromatic nitrogens is 4. The van der Waals surface area contributed by atoms with Crippen molar-refractivity contribution in [2.75, 3.05) is 25.6 Å². The van der Waals surface area contributed by atoms with Crippen LogP contribution in [0, 0.1) is 0 Å². The van der Waals surface area contributed by atoms with Crippen molar-refractivity contribution >= 4 is 17.0 Å². The fourth-order valence-electron chi connectivity index (χ4n) is 3.38. The molecule has 4 heterocycles. The Bertz CT molecular complexity index is 761. The Kier molecular flexibility index (Phi) is 3.50. The third kappa shape index (κ3) is 2.27. The second-order valence-electron chi connectivity index (χ2n) is 6.73. The van der Waals surface area contributed by atoms with E-state index in [1.165, 1.54) is 6.33 Å². The van der Waals surface area contributed by atoms with Crippen molar-refractivity contribution < 1.29 is 19.3 Å². The first-order chi connectivity index (χ1) is 11.4. The summed E-state index contributed by atoms with van der Waals surface area (Å²) in [5, 5.41) is 9.61. The number of fused-ring (bicyclic) bond motifs is 2. The number of nitrogens with zero attached hydrogens (tertiary/aromatic N) is 5. The summed E-state index contributed by atoms with van der Waals surface area (Å²) in [7, 11) is 3.81.